The molecule has 0 aromatic heterocycles. The molecule has 1 aliphatic heterocycles. The normalized spacial score (nSPS) is 30.6. The number of hydrogen-bond donors (Lipinski definition) is 1. The van der Waals surface area contributed by atoms with Crippen molar-refractivity contribution in [3.8, 4) is 0 Å². The molecule has 0 spiro atoms. The largest absolute Gasteiger partial charge is 0.396 e. The predicted molar refractivity (Wildman–Crippen MR) is 63.5 cm³/mol. The highest BCUT2D eigenvalue weighted by atomic mass is 16.5. The van der Waals surface area contributed by atoms with Crippen LogP contribution >= 0.6 is 0 Å². The van der Waals surface area contributed by atoms with E-state index >= 15 is 0 Å². The maximum Gasteiger partial charge on any atom is 0.0971 e. The van der Waals surface area contributed by atoms with E-state index in [0.717, 1.165) is 26.1 Å². The summed E-state index contributed by atoms with van der Waals surface area (Å²) in [6.07, 6.45) is 1.30. The Kier molecular flexibility index (Phi) is 5.18. The van der Waals surface area contributed by atoms with E-state index in [1.807, 2.05) is 0 Å². The molecule has 1 aliphatic rings. The molecule has 0 aromatic carbocycles. The van der Waals surface area contributed by atoms with E-state index < -0.39 is 0 Å². The fraction of sp³-hybridized carbons (Fsp3) is 1.00. The average molecular weight is 231 g/mol. The fourth-order valence-corrected chi connectivity index (χ4v) is 2.21. The number of methoxy groups -OCH3 is 2. The van der Waals surface area contributed by atoms with Crippen LogP contribution in [-0.2, 0) is 9.47 Å². The highest BCUT2D eigenvalue weighted by Gasteiger charge is 2.36. The summed E-state index contributed by atoms with van der Waals surface area (Å²) >= 11 is 0. The van der Waals surface area contributed by atoms with Gasteiger partial charge in [0.1, 0.15) is 0 Å². The Morgan fingerprint density at radius 3 is 2.06 bits per heavy atom. The van der Waals surface area contributed by atoms with Crippen molar-refractivity contribution in [3.63, 3.8) is 0 Å². The number of ether oxygens (including phenoxy) is 2. The molecule has 3 atom stereocenters. The summed E-state index contributed by atoms with van der Waals surface area (Å²) in [4.78, 5) is 2.32. The van der Waals surface area contributed by atoms with Crippen molar-refractivity contribution >= 4 is 0 Å². The van der Waals surface area contributed by atoms with Crippen LogP contribution in [0.25, 0.3) is 0 Å². The Balaban J connectivity index is 2.51. The Morgan fingerprint density at radius 1 is 1.25 bits per heavy atom. The van der Waals surface area contributed by atoms with Crippen LogP contribution in [0, 0.1) is 5.41 Å². The van der Waals surface area contributed by atoms with Gasteiger partial charge in [-0.05, 0) is 6.42 Å². The standard InChI is InChI=1S/C12H25NO3/c1-5-12(2,9-14)8-13-6-10(15-3)11(7-13)16-4/h10-11,14H,5-9H2,1-4H3. The Morgan fingerprint density at radius 2 is 1.75 bits per heavy atom. The minimum Gasteiger partial charge on any atom is -0.396 e. The van der Waals surface area contributed by atoms with Gasteiger partial charge < -0.3 is 14.6 Å². The lowest BCUT2D eigenvalue weighted by Gasteiger charge is -2.30. The van der Waals surface area contributed by atoms with E-state index in [9.17, 15) is 5.11 Å². The molecule has 0 bridgehead atoms. The quantitative estimate of drug-likeness (QED) is 0.732. The fourth-order valence-electron chi connectivity index (χ4n) is 2.21. The molecule has 1 rings (SSSR count). The van der Waals surface area contributed by atoms with Gasteiger partial charge >= 0.3 is 0 Å². The Labute approximate surface area is 98.5 Å². The lowest BCUT2D eigenvalue weighted by molar-refractivity contribution is -0.00461. The molecular weight excluding hydrogens is 206 g/mol. The zero-order valence-electron chi connectivity index (χ0n) is 10.9. The van der Waals surface area contributed by atoms with Gasteiger partial charge in [0, 0.05) is 45.9 Å². The molecule has 0 saturated carbocycles. The summed E-state index contributed by atoms with van der Waals surface area (Å²) < 4.78 is 10.8. The van der Waals surface area contributed by atoms with Crippen molar-refractivity contribution in [1.82, 2.24) is 4.90 Å². The van der Waals surface area contributed by atoms with Gasteiger partial charge in [0.05, 0.1) is 12.2 Å². The van der Waals surface area contributed by atoms with E-state index in [1.165, 1.54) is 0 Å². The van der Waals surface area contributed by atoms with Crippen molar-refractivity contribution < 1.29 is 14.6 Å². The second kappa shape index (κ2) is 5.96. The molecule has 4 heteroatoms. The second-order valence-electron chi connectivity index (χ2n) is 5.06. The number of nitrogens with zero attached hydrogens (tertiary/aromatic N) is 1. The zero-order chi connectivity index (χ0) is 12.2. The molecule has 16 heavy (non-hydrogen) atoms. The van der Waals surface area contributed by atoms with Gasteiger partial charge in [-0.2, -0.15) is 0 Å². The van der Waals surface area contributed by atoms with Crippen molar-refractivity contribution in [2.75, 3.05) is 40.5 Å². The Hall–Kier alpha value is -0.160. The first-order chi connectivity index (χ1) is 7.58. The molecule has 0 radical (unpaired) electrons. The van der Waals surface area contributed by atoms with Crippen LogP contribution in [0.4, 0.5) is 0 Å². The lowest BCUT2D eigenvalue weighted by atomic mass is 9.88. The summed E-state index contributed by atoms with van der Waals surface area (Å²) in [6.45, 7) is 7.16. The number of aliphatic hydroxyl groups excluding tert-OH is 1. The summed E-state index contributed by atoms with van der Waals surface area (Å²) in [5, 5.41) is 9.40. The van der Waals surface area contributed by atoms with Crippen molar-refractivity contribution in [2.24, 2.45) is 5.41 Å². The number of aliphatic hydroxyl groups is 1. The van der Waals surface area contributed by atoms with Crippen molar-refractivity contribution in [1.29, 1.82) is 0 Å². The molecule has 4 nitrogen and oxygen atoms in total. The van der Waals surface area contributed by atoms with Gasteiger partial charge in [0.2, 0.25) is 0 Å². The predicted octanol–water partition coefficient (Wildman–Crippen LogP) is 0.741. The highest BCUT2D eigenvalue weighted by Crippen LogP contribution is 2.25. The van der Waals surface area contributed by atoms with Crippen LogP contribution in [0.2, 0.25) is 0 Å². The molecule has 1 heterocycles. The minimum absolute atomic E-state index is 0.0130. The second-order valence-corrected chi connectivity index (χ2v) is 5.06. The van der Waals surface area contributed by atoms with Crippen LogP contribution in [0.15, 0.2) is 0 Å². The maximum atomic E-state index is 9.40. The van der Waals surface area contributed by atoms with Gasteiger partial charge in [0.25, 0.3) is 0 Å². The minimum atomic E-state index is -0.0130. The van der Waals surface area contributed by atoms with Gasteiger partial charge in [-0.15, -0.1) is 0 Å². The number of rotatable bonds is 6. The first-order valence-electron chi connectivity index (χ1n) is 5.97. The first-order valence-corrected chi connectivity index (χ1v) is 5.97. The third kappa shape index (κ3) is 3.17. The van der Waals surface area contributed by atoms with Gasteiger partial charge in [-0.1, -0.05) is 13.8 Å². The van der Waals surface area contributed by atoms with Crippen LogP contribution < -0.4 is 0 Å². The van der Waals surface area contributed by atoms with E-state index in [-0.39, 0.29) is 24.2 Å². The lowest BCUT2D eigenvalue weighted by Crippen LogP contribution is -2.37. The summed E-state index contributed by atoms with van der Waals surface area (Å²) in [7, 11) is 3.45. The third-order valence-electron chi connectivity index (χ3n) is 3.74. The molecule has 0 aromatic rings. The molecule has 1 fully saturated rings. The molecular formula is C12H25NO3. The van der Waals surface area contributed by atoms with E-state index in [0.29, 0.717) is 0 Å². The van der Waals surface area contributed by atoms with E-state index in [4.69, 9.17) is 9.47 Å². The topological polar surface area (TPSA) is 41.9 Å². The molecule has 0 aliphatic carbocycles. The van der Waals surface area contributed by atoms with E-state index in [2.05, 4.69) is 18.7 Å². The van der Waals surface area contributed by atoms with Crippen LogP contribution in [-0.4, -0.2) is 62.7 Å². The van der Waals surface area contributed by atoms with Crippen LogP contribution in [0.3, 0.4) is 0 Å². The Bertz CT molecular complexity index is 194. The molecule has 0 amide bonds. The summed E-state index contributed by atoms with van der Waals surface area (Å²) in [5.41, 5.74) is -0.0130. The SMILES string of the molecule is CCC(C)(CO)CN1CC(OC)C(OC)C1. The molecule has 96 valence electrons. The van der Waals surface area contributed by atoms with Crippen molar-refractivity contribution in [3.05, 3.63) is 0 Å². The van der Waals surface area contributed by atoms with Crippen molar-refractivity contribution in [2.45, 2.75) is 32.5 Å². The molecule has 1 N–H and O–H groups in total. The molecule has 1 saturated heterocycles. The summed E-state index contributed by atoms with van der Waals surface area (Å²) in [5.74, 6) is 0. The summed E-state index contributed by atoms with van der Waals surface area (Å²) in [6, 6.07) is 0. The van der Waals surface area contributed by atoms with Gasteiger partial charge in [-0.3, -0.25) is 4.90 Å². The molecule has 3 unspecified atom stereocenters. The third-order valence-corrected chi connectivity index (χ3v) is 3.74. The van der Waals surface area contributed by atoms with E-state index in [1.54, 1.807) is 14.2 Å². The monoisotopic (exact) mass is 231 g/mol. The zero-order valence-corrected chi connectivity index (χ0v) is 10.9. The highest BCUT2D eigenvalue weighted by molar-refractivity contribution is 4.88. The van der Waals surface area contributed by atoms with Gasteiger partial charge in [0.15, 0.2) is 0 Å². The first kappa shape index (κ1) is 13.9. The average Bonchev–Trinajstić information content (AvgIpc) is 2.70. The smallest absolute Gasteiger partial charge is 0.0971 e. The number of likely N-dealkylation sites (tertiary alicyclic amines) is 1. The maximum absolute atomic E-state index is 9.40. The van der Waals surface area contributed by atoms with Gasteiger partial charge in [-0.25, -0.2) is 0 Å². The van der Waals surface area contributed by atoms with Crippen LogP contribution in [0.1, 0.15) is 20.3 Å². The van der Waals surface area contributed by atoms with Crippen LogP contribution in [0.5, 0.6) is 0 Å². The number of hydrogen-bond acceptors (Lipinski definition) is 4.